The van der Waals surface area contributed by atoms with Gasteiger partial charge >= 0.3 is 0 Å². The molecule has 2 aromatic carbocycles. The van der Waals surface area contributed by atoms with E-state index in [-0.39, 0.29) is 12.2 Å². The van der Waals surface area contributed by atoms with Gasteiger partial charge in [0.15, 0.2) is 6.29 Å². The molecule has 5 atom stereocenters. The van der Waals surface area contributed by atoms with Crippen LogP contribution in [0, 0.1) is 0 Å². The summed E-state index contributed by atoms with van der Waals surface area (Å²) < 4.78 is 23.3. The molecule has 132 valence electrons. The summed E-state index contributed by atoms with van der Waals surface area (Å²) in [7, 11) is 0. The molecule has 0 amide bonds. The van der Waals surface area contributed by atoms with Crippen LogP contribution in [0.3, 0.4) is 0 Å². The second-order valence-electron chi connectivity index (χ2n) is 6.39. The fourth-order valence-corrected chi connectivity index (χ4v) is 3.28. The Kier molecular flexibility index (Phi) is 5.10. The van der Waals surface area contributed by atoms with Gasteiger partial charge in [0.1, 0.15) is 24.4 Å². The van der Waals surface area contributed by atoms with E-state index in [1.807, 2.05) is 60.7 Å². The summed E-state index contributed by atoms with van der Waals surface area (Å²) in [5.74, 6) is 0. The highest BCUT2D eigenvalue weighted by Crippen LogP contribution is 2.32. The highest BCUT2D eigenvalue weighted by molar-refractivity contribution is 5.14. The van der Waals surface area contributed by atoms with Gasteiger partial charge in [-0.05, 0) is 11.1 Å². The van der Waals surface area contributed by atoms with Crippen LogP contribution in [0.15, 0.2) is 60.7 Å². The molecular formula is C20H22O5. The Bertz CT molecular complexity index is 619. The van der Waals surface area contributed by atoms with Crippen molar-refractivity contribution in [2.75, 3.05) is 6.61 Å². The average molecular weight is 342 g/mol. The molecule has 0 aliphatic carbocycles. The first kappa shape index (κ1) is 16.7. The Labute approximate surface area is 147 Å². The van der Waals surface area contributed by atoms with Crippen molar-refractivity contribution in [2.45, 2.75) is 43.9 Å². The number of fused-ring (bicyclic) bond motifs is 2. The Morgan fingerprint density at radius 3 is 2.00 bits per heavy atom. The highest BCUT2D eigenvalue weighted by atomic mass is 16.7. The molecule has 25 heavy (non-hydrogen) atoms. The van der Waals surface area contributed by atoms with Crippen molar-refractivity contribution >= 4 is 0 Å². The third kappa shape index (κ3) is 3.76. The Balaban J connectivity index is 1.45. The van der Waals surface area contributed by atoms with Crippen molar-refractivity contribution in [2.24, 2.45) is 0 Å². The van der Waals surface area contributed by atoms with E-state index in [0.29, 0.717) is 19.8 Å². The van der Waals surface area contributed by atoms with E-state index in [1.165, 1.54) is 0 Å². The lowest BCUT2D eigenvalue weighted by Gasteiger charge is -2.38. The average Bonchev–Trinajstić information content (AvgIpc) is 3.11. The van der Waals surface area contributed by atoms with Crippen LogP contribution in [0.5, 0.6) is 0 Å². The van der Waals surface area contributed by atoms with Gasteiger partial charge in [-0.3, -0.25) is 0 Å². The second-order valence-corrected chi connectivity index (χ2v) is 6.39. The summed E-state index contributed by atoms with van der Waals surface area (Å²) >= 11 is 0. The van der Waals surface area contributed by atoms with E-state index in [9.17, 15) is 5.11 Å². The van der Waals surface area contributed by atoms with E-state index < -0.39 is 18.5 Å². The van der Waals surface area contributed by atoms with Crippen molar-refractivity contribution in [1.82, 2.24) is 0 Å². The molecular weight excluding hydrogens is 320 g/mol. The summed E-state index contributed by atoms with van der Waals surface area (Å²) in [6.45, 7) is 1.26. The molecule has 2 heterocycles. The molecule has 4 rings (SSSR count). The number of aliphatic hydroxyl groups excluding tert-OH is 1. The highest BCUT2D eigenvalue weighted by Gasteiger charge is 2.51. The molecule has 0 spiro atoms. The minimum absolute atomic E-state index is 0.224. The van der Waals surface area contributed by atoms with E-state index >= 15 is 0 Å². The first-order valence-corrected chi connectivity index (χ1v) is 8.57. The van der Waals surface area contributed by atoms with Gasteiger partial charge in [0.25, 0.3) is 0 Å². The van der Waals surface area contributed by atoms with Crippen LogP contribution in [0.4, 0.5) is 0 Å². The van der Waals surface area contributed by atoms with Crippen LogP contribution in [0.2, 0.25) is 0 Å². The number of hydrogen-bond donors (Lipinski definition) is 1. The fraction of sp³-hybridized carbons (Fsp3) is 0.400. The zero-order valence-electron chi connectivity index (χ0n) is 13.9. The molecule has 2 aliphatic heterocycles. The van der Waals surface area contributed by atoms with Gasteiger partial charge < -0.3 is 24.1 Å². The van der Waals surface area contributed by atoms with Crippen molar-refractivity contribution in [3.8, 4) is 0 Å². The SMILES string of the molecule is O[C@@H]1[C@@H]2OC[C@@H](O2)[C@@H](OCc2ccccc2)[C@@H]1OCc1ccccc1. The maximum absolute atomic E-state index is 10.5. The van der Waals surface area contributed by atoms with Gasteiger partial charge in [-0.15, -0.1) is 0 Å². The largest absolute Gasteiger partial charge is 0.385 e. The van der Waals surface area contributed by atoms with Crippen LogP contribution >= 0.6 is 0 Å². The number of benzene rings is 2. The smallest absolute Gasteiger partial charge is 0.186 e. The maximum Gasteiger partial charge on any atom is 0.186 e. The Morgan fingerprint density at radius 2 is 1.40 bits per heavy atom. The minimum Gasteiger partial charge on any atom is -0.385 e. The van der Waals surface area contributed by atoms with Crippen molar-refractivity contribution in [3.05, 3.63) is 71.8 Å². The molecule has 5 nitrogen and oxygen atoms in total. The van der Waals surface area contributed by atoms with Gasteiger partial charge in [-0.2, -0.15) is 0 Å². The molecule has 0 unspecified atom stereocenters. The van der Waals surface area contributed by atoms with E-state index in [1.54, 1.807) is 0 Å². The predicted octanol–water partition coefficient (Wildman–Crippen LogP) is 2.27. The fourth-order valence-electron chi connectivity index (χ4n) is 3.28. The molecule has 1 N–H and O–H groups in total. The van der Waals surface area contributed by atoms with Gasteiger partial charge in [-0.25, -0.2) is 0 Å². The molecule has 2 saturated heterocycles. The molecule has 2 aromatic rings. The van der Waals surface area contributed by atoms with E-state index in [0.717, 1.165) is 11.1 Å². The minimum atomic E-state index is -0.872. The first-order valence-electron chi connectivity index (χ1n) is 8.57. The Hall–Kier alpha value is -1.76. The van der Waals surface area contributed by atoms with Crippen molar-refractivity contribution in [3.63, 3.8) is 0 Å². The van der Waals surface area contributed by atoms with Crippen LogP contribution in [-0.4, -0.2) is 42.4 Å². The maximum atomic E-state index is 10.5. The molecule has 2 bridgehead atoms. The summed E-state index contributed by atoms with van der Waals surface area (Å²) in [4.78, 5) is 0. The van der Waals surface area contributed by atoms with Gasteiger partial charge in [-0.1, -0.05) is 60.7 Å². The number of ether oxygens (including phenoxy) is 4. The van der Waals surface area contributed by atoms with E-state index in [2.05, 4.69) is 0 Å². The van der Waals surface area contributed by atoms with Gasteiger partial charge in [0.2, 0.25) is 0 Å². The second kappa shape index (κ2) is 7.64. The first-order chi connectivity index (χ1) is 12.3. The summed E-state index contributed by atoms with van der Waals surface area (Å²) in [6, 6.07) is 19.8. The lowest BCUT2D eigenvalue weighted by molar-refractivity contribution is -0.254. The summed E-state index contributed by atoms with van der Waals surface area (Å²) in [5.41, 5.74) is 2.12. The number of aliphatic hydroxyl groups is 1. The van der Waals surface area contributed by atoms with Crippen molar-refractivity contribution < 1.29 is 24.1 Å². The third-order valence-electron chi connectivity index (χ3n) is 4.61. The lowest BCUT2D eigenvalue weighted by atomic mass is 10.0. The molecule has 5 heteroatoms. The molecule has 2 aliphatic rings. The molecule has 0 saturated carbocycles. The van der Waals surface area contributed by atoms with Gasteiger partial charge in [0.05, 0.1) is 19.8 Å². The Morgan fingerprint density at radius 1 is 0.840 bits per heavy atom. The number of hydrogen-bond acceptors (Lipinski definition) is 5. The van der Waals surface area contributed by atoms with Crippen LogP contribution in [-0.2, 0) is 32.2 Å². The molecule has 0 radical (unpaired) electrons. The molecule has 2 fully saturated rings. The quantitative estimate of drug-likeness (QED) is 0.873. The van der Waals surface area contributed by atoms with Crippen LogP contribution in [0.25, 0.3) is 0 Å². The zero-order chi connectivity index (χ0) is 17.1. The normalized spacial score (nSPS) is 31.2. The summed E-state index contributed by atoms with van der Waals surface area (Å²) in [6.07, 6.45) is -2.60. The van der Waals surface area contributed by atoms with Crippen LogP contribution in [0.1, 0.15) is 11.1 Å². The number of rotatable bonds is 6. The van der Waals surface area contributed by atoms with Crippen LogP contribution < -0.4 is 0 Å². The third-order valence-corrected chi connectivity index (χ3v) is 4.61. The van der Waals surface area contributed by atoms with Crippen molar-refractivity contribution in [1.29, 1.82) is 0 Å². The standard InChI is InChI=1S/C20H22O5/c21-17-19(23-12-15-9-5-2-6-10-15)18(16-13-24-20(17)25-16)22-11-14-7-3-1-4-8-14/h1-10,16-21H,11-13H2/t16-,17+,18-,19-,20-/m1/s1. The zero-order valence-corrected chi connectivity index (χ0v) is 13.9. The molecule has 0 aromatic heterocycles. The van der Waals surface area contributed by atoms with E-state index in [4.69, 9.17) is 18.9 Å². The predicted molar refractivity (Wildman–Crippen MR) is 90.7 cm³/mol. The monoisotopic (exact) mass is 342 g/mol. The lowest BCUT2D eigenvalue weighted by Crippen LogP contribution is -2.55. The van der Waals surface area contributed by atoms with Gasteiger partial charge in [0, 0.05) is 0 Å². The topological polar surface area (TPSA) is 57.2 Å². The summed E-state index contributed by atoms with van der Waals surface area (Å²) in [5, 5.41) is 10.5.